The number of hydrogen-bond donors (Lipinski definition) is 1. The number of amides is 1. The number of nitrogens with zero attached hydrogens (tertiary/aromatic N) is 1. The molecule has 0 aromatic heterocycles. The molecule has 0 aliphatic heterocycles. The van der Waals surface area contributed by atoms with Gasteiger partial charge in [-0.2, -0.15) is 0 Å². The number of benzene rings is 1. The third kappa shape index (κ3) is 4.14. The molecule has 1 aromatic carbocycles. The molecule has 21 heavy (non-hydrogen) atoms. The lowest BCUT2D eigenvalue weighted by atomic mass is 9.97. The predicted octanol–water partition coefficient (Wildman–Crippen LogP) is 3.04. The molecule has 4 heteroatoms. The summed E-state index contributed by atoms with van der Waals surface area (Å²) in [5, 5.41) is 10.4. The molecular weight excluding hydrogens is 269 g/mol. The van der Waals surface area contributed by atoms with Crippen LogP contribution in [0.4, 0.5) is 4.39 Å². The van der Waals surface area contributed by atoms with E-state index >= 15 is 0 Å². The first kappa shape index (κ1) is 15.7. The molecule has 1 fully saturated rings. The smallest absolute Gasteiger partial charge is 0.226 e. The molecule has 0 radical (unpaired) electrons. The van der Waals surface area contributed by atoms with Crippen molar-refractivity contribution in [1.82, 2.24) is 4.90 Å². The average molecular weight is 291 g/mol. The molecule has 0 unspecified atom stereocenters. The van der Waals surface area contributed by atoms with Crippen LogP contribution in [0.25, 0.3) is 0 Å². The van der Waals surface area contributed by atoms with Gasteiger partial charge in [0.1, 0.15) is 5.82 Å². The van der Waals surface area contributed by atoms with Gasteiger partial charge in [0.25, 0.3) is 0 Å². The summed E-state index contributed by atoms with van der Waals surface area (Å²) >= 11 is 0. The molecule has 0 saturated heterocycles. The SMILES string of the molecule is C=CCN(Cc1ccccc1F)C(=O)CC1(O)CCCC1. The number of carbonyl (C=O) groups excluding carboxylic acids is 1. The normalized spacial score (nSPS) is 16.7. The summed E-state index contributed by atoms with van der Waals surface area (Å²) in [5.41, 5.74) is -0.405. The van der Waals surface area contributed by atoms with Crippen molar-refractivity contribution in [2.24, 2.45) is 0 Å². The van der Waals surface area contributed by atoms with Gasteiger partial charge in [0, 0.05) is 18.7 Å². The summed E-state index contributed by atoms with van der Waals surface area (Å²) in [6.07, 6.45) is 4.98. The van der Waals surface area contributed by atoms with Gasteiger partial charge in [-0.3, -0.25) is 4.79 Å². The van der Waals surface area contributed by atoms with Crippen LogP contribution in [0, 0.1) is 5.82 Å². The minimum Gasteiger partial charge on any atom is -0.389 e. The third-order valence-corrected chi connectivity index (χ3v) is 4.04. The molecular formula is C17H22FNO2. The van der Waals surface area contributed by atoms with E-state index in [9.17, 15) is 14.3 Å². The Labute approximate surface area is 125 Å². The topological polar surface area (TPSA) is 40.5 Å². The molecule has 2 rings (SSSR count). The van der Waals surface area contributed by atoms with Crippen molar-refractivity contribution in [3.8, 4) is 0 Å². The van der Waals surface area contributed by atoms with Crippen LogP contribution in [0.2, 0.25) is 0 Å². The molecule has 0 atom stereocenters. The quantitative estimate of drug-likeness (QED) is 0.818. The van der Waals surface area contributed by atoms with Crippen LogP contribution >= 0.6 is 0 Å². The molecule has 1 aromatic rings. The van der Waals surface area contributed by atoms with E-state index in [1.807, 2.05) is 0 Å². The van der Waals surface area contributed by atoms with Gasteiger partial charge in [0.2, 0.25) is 5.91 Å². The van der Waals surface area contributed by atoms with Crippen molar-refractivity contribution < 1.29 is 14.3 Å². The summed E-state index contributed by atoms with van der Waals surface area (Å²) in [6, 6.07) is 6.43. The number of carbonyl (C=O) groups is 1. The molecule has 3 nitrogen and oxygen atoms in total. The van der Waals surface area contributed by atoms with E-state index in [1.165, 1.54) is 6.07 Å². The van der Waals surface area contributed by atoms with Gasteiger partial charge >= 0.3 is 0 Å². The fourth-order valence-electron chi connectivity index (χ4n) is 2.85. The van der Waals surface area contributed by atoms with Gasteiger partial charge < -0.3 is 10.0 Å². The summed E-state index contributed by atoms with van der Waals surface area (Å²) in [5.74, 6) is -0.471. The van der Waals surface area contributed by atoms with Gasteiger partial charge in [-0.1, -0.05) is 37.1 Å². The lowest BCUT2D eigenvalue weighted by Gasteiger charge is -2.27. The number of aliphatic hydroxyl groups is 1. The minimum absolute atomic E-state index is 0.106. The molecule has 1 aliphatic rings. The Balaban J connectivity index is 2.05. The Hall–Kier alpha value is -1.68. The third-order valence-electron chi connectivity index (χ3n) is 4.04. The van der Waals surface area contributed by atoms with Crippen molar-refractivity contribution in [3.63, 3.8) is 0 Å². The van der Waals surface area contributed by atoms with E-state index in [2.05, 4.69) is 6.58 Å². The van der Waals surface area contributed by atoms with Crippen LogP contribution in [0.1, 0.15) is 37.7 Å². The maximum atomic E-state index is 13.7. The van der Waals surface area contributed by atoms with Crippen LogP contribution in [0.15, 0.2) is 36.9 Å². The van der Waals surface area contributed by atoms with Crippen LogP contribution in [-0.4, -0.2) is 28.1 Å². The first-order chi connectivity index (χ1) is 10.0. The van der Waals surface area contributed by atoms with E-state index < -0.39 is 5.60 Å². The zero-order chi connectivity index (χ0) is 15.3. The first-order valence-corrected chi connectivity index (χ1v) is 7.38. The Kier molecular flexibility index (Phi) is 5.12. The molecule has 1 N–H and O–H groups in total. The Morgan fingerprint density at radius 3 is 2.67 bits per heavy atom. The van der Waals surface area contributed by atoms with Crippen molar-refractivity contribution in [3.05, 3.63) is 48.3 Å². The second-order valence-electron chi connectivity index (χ2n) is 5.76. The zero-order valence-electron chi connectivity index (χ0n) is 12.2. The van der Waals surface area contributed by atoms with Gasteiger partial charge in [0.15, 0.2) is 0 Å². The highest BCUT2D eigenvalue weighted by molar-refractivity contribution is 5.77. The van der Waals surface area contributed by atoms with Gasteiger partial charge in [-0.05, 0) is 18.9 Å². The van der Waals surface area contributed by atoms with Gasteiger partial charge in [-0.15, -0.1) is 6.58 Å². The Morgan fingerprint density at radius 2 is 2.05 bits per heavy atom. The highest BCUT2D eigenvalue weighted by atomic mass is 19.1. The largest absolute Gasteiger partial charge is 0.389 e. The van der Waals surface area contributed by atoms with E-state index in [0.29, 0.717) is 24.9 Å². The summed E-state index contributed by atoms with van der Waals surface area (Å²) < 4.78 is 13.7. The highest BCUT2D eigenvalue weighted by Crippen LogP contribution is 2.33. The number of halogens is 1. The second kappa shape index (κ2) is 6.85. The van der Waals surface area contributed by atoms with Gasteiger partial charge in [0.05, 0.1) is 12.0 Å². The maximum Gasteiger partial charge on any atom is 0.226 e. The van der Waals surface area contributed by atoms with Crippen LogP contribution in [0.3, 0.4) is 0 Å². The van der Waals surface area contributed by atoms with Crippen molar-refractivity contribution >= 4 is 5.91 Å². The zero-order valence-corrected chi connectivity index (χ0v) is 12.2. The van der Waals surface area contributed by atoms with Crippen LogP contribution < -0.4 is 0 Å². The van der Waals surface area contributed by atoms with Crippen molar-refractivity contribution in [1.29, 1.82) is 0 Å². The number of hydrogen-bond acceptors (Lipinski definition) is 2. The maximum absolute atomic E-state index is 13.7. The average Bonchev–Trinajstić information content (AvgIpc) is 2.87. The molecule has 1 saturated carbocycles. The molecule has 114 valence electrons. The second-order valence-corrected chi connectivity index (χ2v) is 5.76. The van der Waals surface area contributed by atoms with E-state index in [-0.39, 0.29) is 24.7 Å². The highest BCUT2D eigenvalue weighted by Gasteiger charge is 2.34. The van der Waals surface area contributed by atoms with E-state index in [1.54, 1.807) is 29.2 Å². The molecule has 1 amide bonds. The molecule has 0 bridgehead atoms. The first-order valence-electron chi connectivity index (χ1n) is 7.38. The lowest BCUT2D eigenvalue weighted by Crippen LogP contribution is -2.38. The minimum atomic E-state index is -0.883. The van der Waals surface area contributed by atoms with Crippen molar-refractivity contribution in [2.45, 2.75) is 44.2 Å². The monoisotopic (exact) mass is 291 g/mol. The summed E-state index contributed by atoms with van der Waals surface area (Å²) in [4.78, 5) is 13.9. The van der Waals surface area contributed by atoms with Crippen LogP contribution in [0.5, 0.6) is 0 Å². The number of rotatable bonds is 6. The Bertz CT molecular complexity index is 509. The van der Waals surface area contributed by atoms with Crippen LogP contribution in [-0.2, 0) is 11.3 Å². The fourth-order valence-corrected chi connectivity index (χ4v) is 2.85. The summed E-state index contributed by atoms with van der Waals surface area (Å²) in [6.45, 7) is 4.20. The lowest BCUT2D eigenvalue weighted by molar-refractivity contribution is -0.136. The summed E-state index contributed by atoms with van der Waals surface area (Å²) in [7, 11) is 0. The Morgan fingerprint density at radius 1 is 1.38 bits per heavy atom. The van der Waals surface area contributed by atoms with Gasteiger partial charge in [-0.25, -0.2) is 4.39 Å². The van der Waals surface area contributed by atoms with E-state index in [0.717, 1.165) is 12.8 Å². The molecule has 1 aliphatic carbocycles. The molecule has 0 spiro atoms. The standard InChI is InChI=1S/C17H22FNO2/c1-2-11-19(13-14-7-3-4-8-15(14)18)16(20)12-17(21)9-5-6-10-17/h2-4,7-8,21H,1,5-6,9-13H2. The van der Waals surface area contributed by atoms with E-state index in [4.69, 9.17) is 0 Å². The molecule has 0 heterocycles. The fraction of sp³-hybridized carbons (Fsp3) is 0.471. The van der Waals surface area contributed by atoms with Crippen molar-refractivity contribution in [2.75, 3.05) is 6.54 Å². The predicted molar refractivity (Wildman–Crippen MR) is 80.0 cm³/mol.